The summed E-state index contributed by atoms with van der Waals surface area (Å²) >= 11 is 0. The van der Waals surface area contributed by atoms with E-state index >= 15 is 0 Å². The van der Waals surface area contributed by atoms with Crippen molar-refractivity contribution in [3.8, 4) is 5.75 Å². The van der Waals surface area contributed by atoms with Gasteiger partial charge in [-0.05, 0) is 31.2 Å². The Morgan fingerprint density at radius 2 is 1.80 bits per heavy atom. The third-order valence-corrected chi connectivity index (χ3v) is 3.23. The predicted molar refractivity (Wildman–Crippen MR) is 79.5 cm³/mol. The maximum Gasteiger partial charge on any atom is 0.128 e. The highest BCUT2D eigenvalue weighted by molar-refractivity contribution is 5.32. The van der Waals surface area contributed by atoms with Crippen molar-refractivity contribution in [2.45, 2.75) is 19.9 Å². The van der Waals surface area contributed by atoms with E-state index in [-0.39, 0.29) is 11.9 Å². The van der Waals surface area contributed by atoms with Crippen LogP contribution in [0, 0.1) is 12.7 Å². The Kier molecular flexibility index (Phi) is 5.13. The van der Waals surface area contributed by atoms with Crippen molar-refractivity contribution in [3.63, 3.8) is 0 Å². The lowest BCUT2D eigenvalue weighted by atomic mass is 10.1. The molecule has 106 valence electrons. The van der Waals surface area contributed by atoms with Crippen molar-refractivity contribution in [2.75, 3.05) is 13.2 Å². The summed E-state index contributed by atoms with van der Waals surface area (Å²) in [4.78, 5) is 0. The number of ether oxygens (including phenoxy) is 1. The topological polar surface area (TPSA) is 21.3 Å². The number of benzene rings is 2. The first-order valence-corrected chi connectivity index (χ1v) is 6.88. The summed E-state index contributed by atoms with van der Waals surface area (Å²) in [6.07, 6.45) is 0. The minimum atomic E-state index is -0.202. The van der Waals surface area contributed by atoms with E-state index in [2.05, 4.69) is 5.32 Å². The second kappa shape index (κ2) is 7.06. The van der Waals surface area contributed by atoms with Crippen molar-refractivity contribution < 1.29 is 9.13 Å². The zero-order chi connectivity index (χ0) is 14.4. The molecule has 1 N–H and O–H groups in total. The molecule has 0 heterocycles. The molecule has 2 aromatic rings. The van der Waals surface area contributed by atoms with Gasteiger partial charge in [0.05, 0.1) is 6.04 Å². The lowest BCUT2D eigenvalue weighted by molar-refractivity contribution is 0.263. The first-order valence-electron chi connectivity index (χ1n) is 6.88. The number of rotatable bonds is 6. The van der Waals surface area contributed by atoms with Crippen LogP contribution in [0.2, 0.25) is 0 Å². The van der Waals surface area contributed by atoms with Gasteiger partial charge in [-0.25, -0.2) is 4.39 Å². The van der Waals surface area contributed by atoms with Gasteiger partial charge in [0.1, 0.15) is 18.2 Å². The number of aryl methyl sites for hydroxylation is 1. The normalized spacial score (nSPS) is 12.2. The van der Waals surface area contributed by atoms with Gasteiger partial charge < -0.3 is 10.1 Å². The lowest BCUT2D eigenvalue weighted by Gasteiger charge is -2.20. The fraction of sp³-hybridized carbons (Fsp3) is 0.294. The monoisotopic (exact) mass is 273 g/mol. The fourth-order valence-electron chi connectivity index (χ4n) is 2.15. The molecule has 20 heavy (non-hydrogen) atoms. The van der Waals surface area contributed by atoms with E-state index in [1.807, 2.05) is 44.2 Å². The Bertz CT molecular complexity index is 556. The number of para-hydroxylation sites is 1. The van der Waals surface area contributed by atoms with Crippen LogP contribution in [0.25, 0.3) is 0 Å². The van der Waals surface area contributed by atoms with E-state index in [1.165, 1.54) is 6.07 Å². The average molecular weight is 273 g/mol. The summed E-state index contributed by atoms with van der Waals surface area (Å²) in [5, 5.41) is 3.26. The maximum absolute atomic E-state index is 13.9. The van der Waals surface area contributed by atoms with Gasteiger partial charge in [0.15, 0.2) is 0 Å². The van der Waals surface area contributed by atoms with Gasteiger partial charge >= 0.3 is 0 Å². The maximum atomic E-state index is 13.9. The molecule has 2 aromatic carbocycles. The van der Waals surface area contributed by atoms with E-state index < -0.39 is 0 Å². The summed E-state index contributed by atoms with van der Waals surface area (Å²) in [5.74, 6) is 0.638. The smallest absolute Gasteiger partial charge is 0.128 e. The van der Waals surface area contributed by atoms with Crippen molar-refractivity contribution in [3.05, 3.63) is 65.5 Å². The molecule has 0 amide bonds. The third kappa shape index (κ3) is 3.58. The Balaban J connectivity index is 2.11. The molecule has 3 heteroatoms. The van der Waals surface area contributed by atoms with E-state index in [0.29, 0.717) is 12.2 Å². The average Bonchev–Trinajstić information content (AvgIpc) is 2.46. The quantitative estimate of drug-likeness (QED) is 0.862. The van der Waals surface area contributed by atoms with Crippen LogP contribution in [0.3, 0.4) is 0 Å². The van der Waals surface area contributed by atoms with Gasteiger partial charge in [-0.3, -0.25) is 0 Å². The molecule has 0 bridgehead atoms. The number of nitrogens with one attached hydrogen (secondary N) is 1. The van der Waals surface area contributed by atoms with Crippen molar-refractivity contribution in [2.24, 2.45) is 0 Å². The van der Waals surface area contributed by atoms with Crippen LogP contribution in [0.1, 0.15) is 24.1 Å². The van der Waals surface area contributed by atoms with Crippen LogP contribution >= 0.6 is 0 Å². The standard InChI is InChI=1S/C17H20FNO/c1-3-19-16(14-9-5-6-10-15(14)18)12-20-17-11-7-4-8-13(17)2/h4-11,16,19H,3,12H2,1-2H3. The summed E-state index contributed by atoms with van der Waals surface area (Å²) in [6, 6.07) is 14.5. The van der Waals surface area contributed by atoms with Crippen molar-refractivity contribution >= 4 is 0 Å². The van der Waals surface area contributed by atoms with Crippen LogP contribution in [-0.2, 0) is 0 Å². The summed E-state index contributed by atoms with van der Waals surface area (Å²) in [6.45, 7) is 5.16. The molecule has 2 rings (SSSR count). The minimum absolute atomic E-state index is 0.152. The molecular weight excluding hydrogens is 253 g/mol. The van der Waals surface area contributed by atoms with Crippen molar-refractivity contribution in [1.29, 1.82) is 0 Å². The predicted octanol–water partition coefficient (Wildman–Crippen LogP) is 3.86. The molecule has 0 aliphatic heterocycles. The van der Waals surface area contributed by atoms with Crippen LogP contribution in [0.5, 0.6) is 5.75 Å². The lowest BCUT2D eigenvalue weighted by Crippen LogP contribution is -2.27. The minimum Gasteiger partial charge on any atom is -0.491 e. The Hall–Kier alpha value is -1.87. The van der Waals surface area contributed by atoms with Gasteiger partial charge in [-0.1, -0.05) is 43.3 Å². The molecule has 0 spiro atoms. The summed E-state index contributed by atoms with van der Waals surface area (Å²) < 4.78 is 19.7. The fourth-order valence-corrected chi connectivity index (χ4v) is 2.15. The van der Waals surface area contributed by atoms with Gasteiger partial charge in [-0.2, -0.15) is 0 Å². The highest BCUT2D eigenvalue weighted by Crippen LogP contribution is 2.21. The summed E-state index contributed by atoms with van der Waals surface area (Å²) in [5.41, 5.74) is 1.72. The number of hydrogen-bond acceptors (Lipinski definition) is 2. The Labute approximate surface area is 119 Å². The third-order valence-electron chi connectivity index (χ3n) is 3.23. The zero-order valence-corrected chi connectivity index (χ0v) is 11.9. The highest BCUT2D eigenvalue weighted by Gasteiger charge is 2.15. The first-order chi connectivity index (χ1) is 9.72. The molecule has 0 aromatic heterocycles. The van der Waals surface area contributed by atoms with E-state index in [0.717, 1.165) is 17.9 Å². The van der Waals surface area contributed by atoms with Crippen LogP contribution < -0.4 is 10.1 Å². The molecule has 0 aliphatic carbocycles. The second-order valence-corrected chi connectivity index (χ2v) is 4.71. The first kappa shape index (κ1) is 14.5. The zero-order valence-electron chi connectivity index (χ0n) is 11.9. The Morgan fingerprint density at radius 1 is 1.10 bits per heavy atom. The molecule has 0 saturated carbocycles. The van der Waals surface area contributed by atoms with Crippen LogP contribution in [0.15, 0.2) is 48.5 Å². The number of likely N-dealkylation sites (N-methyl/N-ethyl adjacent to an activating group) is 1. The molecular formula is C17H20FNO. The SMILES string of the molecule is CCNC(COc1ccccc1C)c1ccccc1F. The van der Waals surface area contributed by atoms with Gasteiger partial charge in [-0.15, -0.1) is 0 Å². The molecule has 1 unspecified atom stereocenters. The molecule has 1 atom stereocenters. The molecule has 0 radical (unpaired) electrons. The van der Waals surface area contributed by atoms with Gasteiger partial charge in [0.2, 0.25) is 0 Å². The number of halogens is 1. The molecule has 2 nitrogen and oxygen atoms in total. The van der Waals surface area contributed by atoms with Gasteiger partial charge in [0, 0.05) is 5.56 Å². The molecule has 0 aliphatic rings. The second-order valence-electron chi connectivity index (χ2n) is 4.71. The van der Waals surface area contributed by atoms with Crippen LogP contribution in [-0.4, -0.2) is 13.2 Å². The van der Waals surface area contributed by atoms with Gasteiger partial charge in [0.25, 0.3) is 0 Å². The largest absolute Gasteiger partial charge is 0.491 e. The van der Waals surface area contributed by atoms with E-state index in [1.54, 1.807) is 12.1 Å². The summed E-state index contributed by atoms with van der Waals surface area (Å²) in [7, 11) is 0. The Morgan fingerprint density at radius 3 is 2.50 bits per heavy atom. The van der Waals surface area contributed by atoms with E-state index in [9.17, 15) is 4.39 Å². The van der Waals surface area contributed by atoms with E-state index in [4.69, 9.17) is 4.74 Å². The molecule has 0 saturated heterocycles. The highest BCUT2D eigenvalue weighted by atomic mass is 19.1. The van der Waals surface area contributed by atoms with Crippen LogP contribution in [0.4, 0.5) is 4.39 Å². The molecule has 0 fully saturated rings. The van der Waals surface area contributed by atoms with Crippen molar-refractivity contribution in [1.82, 2.24) is 5.32 Å². The number of hydrogen-bond donors (Lipinski definition) is 1.